The number of aromatic nitrogens is 1. The normalized spacial score (nSPS) is 14.5. The van der Waals surface area contributed by atoms with Gasteiger partial charge in [0.25, 0.3) is 8.32 Å². The summed E-state index contributed by atoms with van der Waals surface area (Å²) >= 11 is 1.70. The van der Waals surface area contributed by atoms with E-state index in [9.17, 15) is 0 Å². The molecule has 28 heavy (non-hydrogen) atoms. The minimum absolute atomic E-state index is 0.177. The van der Waals surface area contributed by atoms with Gasteiger partial charge in [0.2, 0.25) is 0 Å². The number of hydrogen-bond acceptors (Lipinski definition) is 3. The van der Waals surface area contributed by atoms with E-state index in [0.717, 1.165) is 35.2 Å². The third-order valence-electron chi connectivity index (χ3n) is 5.77. The zero-order valence-electron chi connectivity index (χ0n) is 20.0. The summed E-state index contributed by atoms with van der Waals surface area (Å²) in [5, 5.41) is 3.42. The minimum Gasteiger partial charge on any atom is -0.542 e. The first-order chi connectivity index (χ1) is 12.8. The first-order valence-electron chi connectivity index (χ1n) is 10.8. The molecule has 0 spiro atoms. The summed E-state index contributed by atoms with van der Waals surface area (Å²) in [7, 11) is -1.90. The highest BCUT2D eigenvalue weighted by Crippen LogP contribution is 2.40. The topological polar surface area (TPSA) is 22.1 Å². The highest BCUT2D eigenvalue weighted by atomic mass is 32.1. The van der Waals surface area contributed by atoms with Crippen molar-refractivity contribution in [3.63, 3.8) is 0 Å². The van der Waals surface area contributed by atoms with Crippen LogP contribution in [0.4, 0.5) is 0 Å². The van der Waals surface area contributed by atoms with Crippen LogP contribution in [0.25, 0.3) is 5.76 Å². The van der Waals surface area contributed by atoms with Gasteiger partial charge in [-0.25, -0.2) is 4.98 Å². The summed E-state index contributed by atoms with van der Waals surface area (Å²) < 4.78 is 6.75. The van der Waals surface area contributed by atoms with Crippen LogP contribution in [0.3, 0.4) is 0 Å². The monoisotopic (exact) mass is 421 g/mol. The van der Waals surface area contributed by atoms with Gasteiger partial charge in [-0.3, -0.25) is 0 Å². The van der Waals surface area contributed by atoms with Crippen molar-refractivity contribution in [2.24, 2.45) is 5.92 Å². The van der Waals surface area contributed by atoms with Crippen molar-refractivity contribution in [3.05, 3.63) is 33.3 Å². The van der Waals surface area contributed by atoms with E-state index in [1.165, 1.54) is 30.4 Å². The maximum absolute atomic E-state index is 6.75. The maximum atomic E-state index is 6.75. The molecule has 0 fully saturated rings. The first-order valence-corrected chi connectivity index (χ1v) is 14.6. The van der Waals surface area contributed by atoms with Crippen LogP contribution >= 0.6 is 11.3 Å². The highest BCUT2D eigenvalue weighted by molar-refractivity contribution is 7.09. The van der Waals surface area contributed by atoms with Gasteiger partial charge in [0.1, 0.15) is 11.5 Å². The second kappa shape index (κ2) is 10.8. The van der Waals surface area contributed by atoms with Crippen molar-refractivity contribution >= 4 is 25.4 Å². The summed E-state index contributed by atoms with van der Waals surface area (Å²) in [6, 6.07) is 0. The minimum atomic E-state index is -1.90. The number of nitrogens with zero attached hydrogens (tertiary/aromatic N) is 1. The molecule has 0 aromatic carbocycles. The van der Waals surface area contributed by atoms with Crippen LogP contribution in [0.5, 0.6) is 0 Å². The predicted molar refractivity (Wildman–Crippen MR) is 129 cm³/mol. The number of aryl methyl sites for hydroxylation is 1. The summed E-state index contributed by atoms with van der Waals surface area (Å²) in [6.07, 6.45) is 8.36. The van der Waals surface area contributed by atoms with Crippen molar-refractivity contribution in [2.75, 3.05) is 0 Å². The molecule has 0 aliphatic carbocycles. The lowest BCUT2D eigenvalue weighted by Gasteiger charge is -2.37. The maximum Gasteiger partial charge on any atom is 0.250 e. The van der Waals surface area contributed by atoms with Crippen molar-refractivity contribution in [3.8, 4) is 0 Å². The lowest BCUT2D eigenvalue weighted by atomic mass is 10.0. The Balaban J connectivity index is 2.91. The van der Waals surface area contributed by atoms with Gasteiger partial charge in [-0.1, -0.05) is 52.7 Å². The first kappa shape index (κ1) is 25.2. The van der Waals surface area contributed by atoms with Crippen molar-refractivity contribution < 1.29 is 4.43 Å². The average Bonchev–Trinajstić information content (AvgIpc) is 2.97. The Bertz CT molecular complexity index is 677. The van der Waals surface area contributed by atoms with Crippen LogP contribution < -0.4 is 0 Å². The summed E-state index contributed by atoms with van der Waals surface area (Å²) in [6.45, 7) is 22.7. The Kier molecular flexibility index (Phi) is 9.68. The van der Waals surface area contributed by atoms with Crippen LogP contribution in [-0.4, -0.2) is 13.3 Å². The summed E-state index contributed by atoms with van der Waals surface area (Å²) in [5.41, 5.74) is 3.86. The van der Waals surface area contributed by atoms with Gasteiger partial charge in [-0.15, -0.1) is 11.3 Å². The molecule has 1 aromatic rings. The van der Waals surface area contributed by atoms with E-state index in [1.54, 1.807) is 11.3 Å². The fourth-order valence-corrected chi connectivity index (χ4v) is 4.46. The standard InChI is InChI=1S/C24H43NOSSi/c1-18(2)13-11-14-19(3)15-12-16-20(4)23(22-17-27-21(5)25-22)26-28(9,10)24(6,7)8/h15,17-18H,11-14,16H2,1-10H3. The average molecular weight is 422 g/mol. The van der Waals surface area contributed by atoms with Gasteiger partial charge in [0.05, 0.1) is 5.01 Å². The van der Waals surface area contributed by atoms with Gasteiger partial charge in [-0.2, -0.15) is 0 Å². The molecule has 0 amide bonds. The largest absolute Gasteiger partial charge is 0.542 e. The zero-order chi connectivity index (χ0) is 21.5. The predicted octanol–water partition coefficient (Wildman–Crippen LogP) is 8.76. The molecule has 1 heterocycles. The molecule has 0 unspecified atom stereocenters. The highest BCUT2D eigenvalue weighted by Gasteiger charge is 2.40. The smallest absolute Gasteiger partial charge is 0.250 e. The van der Waals surface area contributed by atoms with Crippen LogP contribution in [0, 0.1) is 12.8 Å². The Hall–Kier alpha value is -0.873. The van der Waals surface area contributed by atoms with Crippen LogP contribution in [-0.2, 0) is 4.43 Å². The molecule has 0 aliphatic rings. The van der Waals surface area contributed by atoms with E-state index >= 15 is 0 Å². The Morgan fingerprint density at radius 1 is 1.21 bits per heavy atom. The van der Waals surface area contributed by atoms with Crippen molar-refractivity contribution in [2.45, 2.75) is 106 Å². The molecule has 0 radical (unpaired) electrons. The van der Waals surface area contributed by atoms with Crippen LogP contribution in [0.1, 0.15) is 91.3 Å². The van der Waals surface area contributed by atoms with Crippen molar-refractivity contribution in [1.82, 2.24) is 4.98 Å². The molecular weight excluding hydrogens is 378 g/mol. The van der Waals surface area contributed by atoms with E-state index < -0.39 is 8.32 Å². The zero-order valence-corrected chi connectivity index (χ0v) is 21.8. The van der Waals surface area contributed by atoms with Crippen molar-refractivity contribution in [1.29, 1.82) is 0 Å². The molecule has 0 saturated heterocycles. The van der Waals surface area contributed by atoms with Gasteiger partial charge in [0, 0.05) is 5.38 Å². The number of hydrogen-bond donors (Lipinski definition) is 0. The Labute approximate surface area is 179 Å². The number of thiazole rings is 1. The van der Waals surface area contributed by atoms with Gasteiger partial charge in [0.15, 0.2) is 0 Å². The fourth-order valence-electron chi connectivity index (χ4n) is 2.77. The SMILES string of the molecule is CC(=CCCC(C)=C(O[Si](C)(C)C(C)(C)C)c1csc(C)n1)CCCC(C)C. The molecule has 1 aromatic heterocycles. The third-order valence-corrected chi connectivity index (χ3v) is 10.9. The molecule has 1 rings (SSSR count). The second-order valence-corrected chi connectivity index (χ2v) is 15.9. The third kappa shape index (κ3) is 8.24. The number of rotatable bonds is 10. The molecule has 0 saturated carbocycles. The Morgan fingerprint density at radius 2 is 1.86 bits per heavy atom. The van der Waals surface area contributed by atoms with Gasteiger partial charge < -0.3 is 4.43 Å². The molecule has 0 N–H and O–H groups in total. The molecule has 0 atom stereocenters. The van der Waals surface area contributed by atoms with E-state index in [-0.39, 0.29) is 5.04 Å². The lowest BCUT2D eigenvalue weighted by molar-refractivity contribution is 0.451. The van der Waals surface area contributed by atoms with Gasteiger partial charge in [-0.05, 0) is 76.1 Å². The molecule has 2 nitrogen and oxygen atoms in total. The number of allylic oxidation sites excluding steroid dienone is 3. The lowest BCUT2D eigenvalue weighted by Crippen LogP contribution is -2.40. The van der Waals surface area contributed by atoms with E-state index in [4.69, 9.17) is 9.41 Å². The van der Waals surface area contributed by atoms with E-state index in [1.807, 2.05) is 0 Å². The quantitative estimate of drug-likeness (QED) is 0.214. The van der Waals surface area contributed by atoms with E-state index in [2.05, 4.69) is 79.9 Å². The van der Waals surface area contributed by atoms with E-state index in [0.29, 0.717) is 0 Å². The molecule has 160 valence electrons. The fraction of sp³-hybridized carbons (Fsp3) is 0.708. The van der Waals surface area contributed by atoms with Crippen LogP contribution in [0.2, 0.25) is 18.1 Å². The van der Waals surface area contributed by atoms with Crippen LogP contribution in [0.15, 0.2) is 22.6 Å². The Morgan fingerprint density at radius 3 is 2.36 bits per heavy atom. The molecule has 0 aliphatic heterocycles. The molecule has 0 bridgehead atoms. The summed E-state index contributed by atoms with van der Waals surface area (Å²) in [4.78, 5) is 4.74. The molecule has 4 heteroatoms. The van der Waals surface area contributed by atoms with Gasteiger partial charge >= 0.3 is 0 Å². The molecular formula is C24H43NOSSi. The summed E-state index contributed by atoms with van der Waals surface area (Å²) in [5.74, 6) is 1.83. The second-order valence-electron chi connectivity index (χ2n) is 10.1.